The number of nitrogens with two attached hydrogens (primary N) is 2. The number of amides is 4. The van der Waals surface area contributed by atoms with Crippen LogP contribution in [0.15, 0.2) is 48.5 Å². The summed E-state index contributed by atoms with van der Waals surface area (Å²) in [5.41, 5.74) is 14.6. The van der Waals surface area contributed by atoms with Crippen LogP contribution in [0.3, 0.4) is 0 Å². The minimum absolute atomic E-state index is 0. The Morgan fingerprint density at radius 1 is 0.949 bits per heavy atom. The van der Waals surface area contributed by atoms with Gasteiger partial charge in [0.25, 0.3) is 11.8 Å². The number of carbonyl (C=O) groups excluding carboxylic acids is 4. The van der Waals surface area contributed by atoms with Gasteiger partial charge in [-0.1, -0.05) is 19.3 Å². The lowest BCUT2D eigenvalue weighted by molar-refractivity contribution is -0.133. The molecule has 0 aliphatic carbocycles. The second-order valence-electron chi connectivity index (χ2n) is 8.38. The molecule has 0 aliphatic rings. The first-order valence-corrected chi connectivity index (χ1v) is 11.8. The highest BCUT2D eigenvalue weighted by atomic mass is 16.5. The normalized spacial score (nSPS) is 12.3. The number of anilines is 1. The highest BCUT2D eigenvalue weighted by Crippen LogP contribution is 2.10. The predicted molar refractivity (Wildman–Crippen MR) is 146 cm³/mol. The van der Waals surface area contributed by atoms with Gasteiger partial charge in [0.1, 0.15) is 6.04 Å². The van der Waals surface area contributed by atoms with E-state index in [1.807, 2.05) is 0 Å². The summed E-state index contributed by atoms with van der Waals surface area (Å²) in [7, 11) is 0. The quantitative estimate of drug-likeness (QED) is 0.109. The third-order valence-electron chi connectivity index (χ3n) is 5.31. The Kier molecular flexibility index (Phi) is 13.9. The van der Waals surface area contributed by atoms with E-state index in [1.165, 1.54) is 24.5 Å². The van der Waals surface area contributed by atoms with Crippen LogP contribution in [-0.4, -0.2) is 65.2 Å². The van der Waals surface area contributed by atoms with Gasteiger partial charge in [-0.05, 0) is 74.8 Å². The van der Waals surface area contributed by atoms with Crippen molar-refractivity contribution in [3.63, 3.8) is 0 Å². The van der Waals surface area contributed by atoms with E-state index < -0.39 is 41.8 Å². The number of aliphatic hydroxyl groups is 1. The van der Waals surface area contributed by atoms with E-state index in [2.05, 4.69) is 27.8 Å². The molecule has 0 heterocycles. The van der Waals surface area contributed by atoms with E-state index in [-0.39, 0.29) is 19.5 Å². The molecule has 0 spiro atoms. The SMILES string of the molecule is C.C[C@@H](O)[C@H](NC(=O)c1ccc(C#Cc2ccc(NC(=O)CNC(=O)[C@@H](N)CCCN)cc2)cc1)C(=O)NO. The van der Waals surface area contributed by atoms with Gasteiger partial charge in [0.05, 0.1) is 18.7 Å². The zero-order valence-electron chi connectivity index (χ0n) is 20.9. The van der Waals surface area contributed by atoms with E-state index in [0.29, 0.717) is 36.2 Å². The molecule has 2 aromatic carbocycles. The van der Waals surface area contributed by atoms with E-state index in [9.17, 15) is 24.3 Å². The molecule has 0 bridgehead atoms. The van der Waals surface area contributed by atoms with Crippen molar-refractivity contribution in [2.24, 2.45) is 11.5 Å². The monoisotopic (exact) mass is 540 g/mol. The Morgan fingerprint density at radius 2 is 1.51 bits per heavy atom. The lowest BCUT2D eigenvalue weighted by atomic mass is 10.1. The van der Waals surface area contributed by atoms with Crippen LogP contribution in [0.25, 0.3) is 0 Å². The maximum absolute atomic E-state index is 12.3. The Hall–Kier alpha value is -4.28. The van der Waals surface area contributed by atoms with Gasteiger partial charge in [-0.25, -0.2) is 5.48 Å². The number of hydrogen-bond acceptors (Lipinski definition) is 8. The number of hydroxylamine groups is 1. The fraction of sp³-hybridized carbons (Fsp3) is 0.333. The van der Waals surface area contributed by atoms with Gasteiger partial charge in [-0.15, -0.1) is 0 Å². The van der Waals surface area contributed by atoms with E-state index in [1.54, 1.807) is 36.4 Å². The Bertz CT molecular complexity index is 1170. The van der Waals surface area contributed by atoms with Crippen LogP contribution in [0, 0.1) is 11.8 Å². The number of carbonyl (C=O) groups is 4. The molecule has 2 aromatic rings. The zero-order chi connectivity index (χ0) is 28.1. The zero-order valence-corrected chi connectivity index (χ0v) is 20.9. The van der Waals surface area contributed by atoms with E-state index >= 15 is 0 Å². The fourth-order valence-corrected chi connectivity index (χ4v) is 3.16. The van der Waals surface area contributed by atoms with Gasteiger partial charge in [0, 0.05) is 22.4 Å². The van der Waals surface area contributed by atoms with Crippen molar-refractivity contribution in [2.45, 2.75) is 45.4 Å². The summed E-state index contributed by atoms with van der Waals surface area (Å²) in [6, 6.07) is 11.0. The molecule has 2 rings (SSSR count). The Morgan fingerprint density at radius 3 is 2.03 bits per heavy atom. The first-order chi connectivity index (χ1) is 18.1. The van der Waals surface area contributed by atoms with Crippen LogP contribution in [0.5, 0.6) is 0 Å². The lowest BCUT2D eigenvalue weighted by Gasteiger charge is -2.19. The van der Waals surface area contributed by atoms with Crippen molar-refractivity contribution in [1.29, 1.82) is 0 Å². The molecule has 3 atom stereocenters. The van der Waals surface area contributed by atoms with Crippen molar-refractivity contribution < 1.29 is 29.5 Å². The van der Waals surface area contributed by atoms with Gasteiger partial charge >= 0.3 is 0 Å². The van der Waals surface area contributed by atoms with Crippen molar-refractivity contribution >= 4 is 29.3 Å². The fourth-order valence-electron chi connectivity index (χ4n) is 3.16. The largest absolute Gasteiger partial charge is 0.391 e. The van der Waals surface area contributed by atoms with Crippen LogP contribution in [0.4, 0.5) is 5.69 Å². The first kappa shape index (κ1) is 32.7. The summed E-state index contributed by atoms with van der Waals surface area (Å²) in [5, 5.41) is 25.9. The van der Waals surface area contributed by atoms with Gasteiger partial charge in [-0.2, -0.15) is 0 Å². The van der Waals surface area contributed by atoms with Crippen LogP contribution < -0.4 is 32.9 Å². The number of benzene rings is 2. The standard InChI is InChI=1S/C26H32N6O6.CH4/c1-16(33)23(26(37)32-38)31-24(35)19-10-6-17(7-11-19)4-5-18-8-12-20(13-9-18)30-22(34)15-29-25(36)21(28)3-2-14-27;/h6-13,16,21,23,33,38H,2-3,14-15,27-28H2,1H3,(H,29,36)(H,30,34)(H,31,35)(H,32,37);1H4/t16-,21+,23+;/m1./s1. The third-order valence-corrected chi connectivity index (χ3v) is 5.31. The second-order valence-corrected chi connectivity index (χ2v) is 8.38. The molecule has 0 aromatic heterocycles. The molecule has 0 unspecified atom stereocenters. The van der Waals surface area contributed by atoms with Crippen LogP contribution >= 0.6 is 0 Å². The number of nitrogens with one attached hydrogen (secondary N) is 4. The van der Waals surface area contributed by atoms with E-state index in [4.69, 9.17) is 16.7 Å². The Labute approximate surface area is 227 Å². The van der Waals surface area contributed by atoms with Crippen LogP contribution in [-0.2, 0) is 14.4 Å². The highest BCUT2D eigenvalue weighted by Gasteiger charge is 2.25. The smallest absolute Gasteiger partial charge is 0.268 e. The number of hydrogen-bond donors (Lipinski definition) is 8. The summed E-state index contributed by atoms with van der Waals surface area (Å²) < 4.78 is 0. The maximum Gasteiger partial charge on any atom is 0.268 e. The maximum atomic E-state index is 12.3. The third kappa shape index (κ3) is 10.9. The summed E-state index contributed by atoms with van der Waals surface area (Å²) in [4.78, 5) is 47.9. The van der Waals surface area contributed by atoms with Crippen molar-refractivity contribution in [3.05, 3.63) is 65.2 Å². The van der Waals surface area contributed by atoms with Gasteiger partial charge < -0.3 is 32.5 Å². The van der Waals surface area contributed by atoms with Crippen molar-refractivity contribution in [1.82, 2.24) is 16.1 Å². The first-order valence-electron chi connectivity index (χ1n) is 11.8. The molecule has 12 heteroatoms. The minimum Gasteiger partial charge on any atom is -0.391 e. The molecule has 12 nitrogen and oxygen atoms in total. The molecule has 0 fully saturated rings. The molecule has 0 saturated carbocycles. The number of aliphatic hydroxyl groups excluding tert-OH is 1. The molecule has 210 valence electrons. The molecule has 39 heavy (non-hydrogen) atoms. The van der Waals surface area contributed by atoms with Crippen molar-refractivity contribution in [3.8, 4) is 11.8 Å². The molecule has 0 radical (unpaired) electrons. The lowest BCUT2D eigenvalue weighted by Crippen LogP contribution is -2.51. The molecule has 4 amide bonds. The number of rotatable bonds is 11. The minimum atomic E-state index is -1.32. The summed E-state index contributed by atoms with van der Waals surface area (Å²) in [6.07, 6.45) is -0.147. The highest BCUT2D eigenvalue weighted by molar-refractivity contribution is 5.97. The molecule has 0 saturated heterocycles. The van der Waals surface area contributed by atoms with Gasteiger partial charge in [0.15, 0.2) is 0 Å². The van der Waals surface area contributed by atoms with Crippen LogP contribution in [0.2, 0.25) is 0 Å². The molecular formula is C27H36N6O6. The molecular weight excluding hydrogens is 504 g/mol. The predicted octanol–water partition coefficient (Wildman–Crippen LogP) is -0.172. The summed E-state index contributed by atoms with van der Waals surface area (Å²) in [5.74, 6) is 3.58. The average Bonchev–Trinajstić information content (AvgIpc) is 2.92. The molecule has 0 aliphatic heterocycles. The molecule has 10 N–H and O–H groups in total. The summed E-state index contributed by atoms with van der Waals surface area (Å²) >= 11 is 0. The topological polar surface area (TPSA) is 209 Å². The van der Waals surface area contributed by atoms with Gasteiger partial charge in [0.2, 0.25) is 11.8 Å². The van der Waals surface area contributed by atoms with Crippen molar-refractivity contribution in [2.75, 3.05) is 18.4 Å². The Balaban J connectivity index is 0.00000760. The average molecular weight is 541 g/mol. The van der Waals surface area contributed by atoms with Crippen LogP contribution in [0.1, 0.15) is 48.7 Å². The second kappa shape index (κ2) is 16.5. The van der Waals surface area contributed by atoms with E-state index in [0.717, 1.165) is 0 Å². The van der Waals surface area contributed by atoms with Gasteiger partial charge in [-0.3, -0.25) is 24.4 Å². The summed E-state index contributed by atoms with van der Waals surface area (Å²) in [6.45, 7) is 1.54.